The first kappa shape index (κ1) is 18.3. The number of hydrogen-bond donors (Lipinski definition) is 2. The molecule has 0 bridgehead atoms. The molecular formula is C14H16ClF3N2O2. The van der Waals surface area contributed by atoms with Gasteiger partial charge in [0.15, 0.2) is 0 Å². The first-order valence-electron chi connectivity index (χ1n) is 6.53. The monoisotopic (exact) mass is 336 g/mol. The number of anilines is 1. The zero-order valence-corrected chi connectivity index (χ0v) is 12.8. The molecule has 1 rings (SSSR count). The summed E-state index contributed by atoms with van der Waals surface area (Å²) in [5.74, 6) is -0.960. The molecule has 2 amide bonds. The fourth-order valence-corrected chi connectivity index (χ4v) is 1.85. The zero-order chi connectivity index (χ0) is 16.9. The maximum atomic E-state index is 12.9. The van der Waals surface area contributed by atoms with Gasteiger partial charge in [0, 0.05) is 11.4 Å². The van der Waals surface area contributed by atoms with Crippen LogP contribution >= 0.6 is 11.6 Å². The van der Waals surface area contributed by atoms with Gasteiger partial charge in [0.2, 0.25) is 11.8 Å². The highest BCUT2D eigenvalue weighted by Gasteiger charge is 2.34. The Hall–Kier alpha value is -1.76. The van der Waals surface area contributed by atoms with Crippen LogP contribution in [0.15, 0.2) is 18.2 Å². The Morgan fingerprint density at radius 2 is 1.86 bits per heavy atom. The third kappa shape index (κ3) is 5.93. The number of carbonyl (C=O) groups excluding carboxylic acids is 2. The number of rotatable bonds is 5. The molecule has 0 aliphatic heterocycles. The summed E-state index contributed by atoms with van der Waals surface area (Å²) < 4.78 is 38.6. The van der Waals surface area contributed by atoms with Crippen LogP contribution in [0.3, 0.4) is 0 Å². The highest BCUT2D eigenvalue weighted by atomic mass is 35.5. The number of alkyl halides is 3. The Morgan fingerprint density at radius 1 is 1.23 bits per heavy atom. The third-order valence-electron chi connectivity index (χ3n) is 2.60. The Bertz CT molecular complexity index is 560. The molecule has 1 aromatic rings. The molecule has 0 fully saturated rings. The molecule has 8 heteroatoms. The lowest BCUT2D eigenvalue weighted by Crippen LogP contribution is -2.33. The number of carbonyl (C=O) groups is 2. The standard InChI is InChI=1S/C14H16ClF3N2O2/c1-8(2)5-12(21)19-7-13(22)20-11-4-3-9(15)6-10(11)14(16,17)18/h3-4,6,8H,5,7H2,1-2H3,(H,19,21)(H,20,22). The summed E-state index contributed by atoms with van der Waals surface area (Å²) >= 11 is 5.54. The van der Waals surface area contributed by atoms with Crippen LogP contribution in [0.2, 0.25) is 5.02 Å². The normalized spacial score (nSPS) is 11.4. The lowest BCUT2D eigenvalue weighted by molar-refractivity contribution is -0.137. The largest absolute Gasteiger partial charge is 0.418 e. The van der Waals surface area contributed by atoms with Gasteiger partial charge in [0.25, 0.3) is 0 Å². The van der Waals surface area contributed by atoms with Crippen LogP contribution in [0.5, 0.6) is 0 Å². The van der Waals surface area contributed by atoms with Crippen molar-refractivity contribution in [3.05, 3.63) is 28.8 Å². The van der Waals surface area contributed by atoms with Crippen molar-refractivity contribution in [1.29, 1.82) is 0 Å². The molecule has 22 heavy (non-hydrogen) atoms. The average molecular weight is 337 g/mol. The average Bonchev–Trinajstić information content (AvgIpc) is 2.36. The molecule has 0 aliphatic rings. The molecule has 4 nitrogen and oxygen atoms in total. The molecule has 2 N–H and O–H groups in total. The molecule has 0 aliphatic carbocycles. The lowest BCUT2D eigenvalue weighted by Gasteiger charge is -2.14. The van der Waals surface area contributed by atoms with Gasteiger partial charge in [-0.2, -0.15) is 13.2 Å². The minimum atomic E-state index is -4.64. The SMILES string of the molecule is CC(C)CC(=O)NCC(=O)Nc1ccc(Cl)cc1C(F)(F)F. The lowest BCUT2D eigenvalue weighted by atomic mass is 10.1. The van der Waals surface area contributed by atoms with E-state index in [1.54, 1.807) is 0 Å². The number of hydrogen-bond acceptors (Lipinski definition) is 2. The van der Waals surface area contributed by atoms with E-state index in [2.05, 4.69) is 10.6 Å². The summed E-state index contributed by atoms with van der Waals surface area (Å²) in [6.07, 6.45) is -4.41. The van der Waals surface area contributed by atoms with Crippen molar-refractivity contribution in [3.8, 4) is 0 Å². The van der Waals surface area contributed by atoms with E-state index >= 15 is 0 Å². The van der Waals surface area contributed by atoms with E-state index < -0.39 is 29.9 Å². The maximum absolute atomic E-state index is 12.9. The number of nitrogens with one attached hydrogen (secondary N) is 2. The highest BCUT2D eigenvalue weighted by molar-refractivity contribution is 6.30. The quantitative estimate of drug-likeness (QED) is 0.865. The van der Waals surface area contributed by atoms with E-state index in [0.717, 1.165) is 12.1 Å². The Morgan fingerprint density at radius 3 is 2.41 bits per heavy atom. The van der Waals surface area contributed by atoms with Crippen molar-refractivity contribution in [2.45, 2.75) is 26.4 Å². The first-order valence-corrected chi connectivity index (χ1v) is 6.90. The van der Waals surface area contributed by atoms with Gasteiger partial charge in [-0.25, -0.2) is 0 Å². The highest BCUT2D eigenvalue weighted by Crippen LogP contribution is 2.36. The second-order valence-electron chi connectivity index (χ2n) is 5.11. The van der Waals surface area contributed by atoms with Crippen LogP contribution in [-0.4, -0.2) is 18.4 Å². The first-order chi connectivity index (χ1) is 10.1. The fourth-order valence-electron chi connectivity index (χ4n) is 1.68. The van der Waals surface area contributed by atoms with Crippen molar-refractivity contribution in [2.24, 2.45) is 5.92 Å². The van der Waals surface area contributed by atoms with Crippen molar-refractivity contribution >= 4 is 29.1 Å². The molecule has 0 atom stereocenters. The van der Waals surface area contributed by atoms with Crippen LogP contribution in [0, 0.1) is 5.92 Å². The van der Waals surface area contributed by atoms with Gasteiger partial charge in [-0.05, 0) is 24.1 Å². The summed E-state index contributed by atoms with van der Waals surface area (Å²) in [6, 6.07) is 3.04. The molecule has 0 saturated carbocycles. The predicted octanol–water partition coefficient (Wildman–Crippen LogP) is 3.46. The van der Waals surface area contributed by atoms with Gasteiger partial charge in [-0.3, -0.25) is 9.59 Å². The summed E-state index contributed by atoms with van der Waals surface area (Å²) in [4.78, 5) is 23.0. The second-order valence-corrected chi connectivity index (χ2v) is 5.55. The molecule has 0 heterocycles. The van der Waals surface area contributed by atoms with Crippen molar-refractivity contribution in [1.82, 2.24) is 5.32 Å². The van der Waals surface area contributed by atoms with E-state index in [-0.39, 0.29) is 23.3 Å². The van der Waals surface area contributed by atoms with Crippen molar-refractivity contribution in [2.75, 3.05) is 11.9 Å². The minimum Gasteiger partial charge on any atom is -0.347 e. The van der Waals surface area contributed by atoms with Gasteiger partial charge >= 0.3 is 6.18 Å². The molecule has 1 aromatic carbocycles. The smallest absolute Gasteiger partial charge is 0.347 e. The maximum Gasteiger partial charge on any atom is 0.418 e. The van der Waals surface area contributed by atoms with E-state index in [0.29, 0.717) is 0 Å². The number of halogens is 4. The van der Waals surface area contributed by atoms with E-state index in [1.165, 1.54) is 6.07 Å². The molecule has 0 spiro atoms. The molecular weight excluding hydrogens is 321 g/mol. The fraction of sp³-hybridized carbons (Fsp3) is 0.429. The van der Waals surface area contributed by atoms with Crippen LogP contribution < -0.4 is 10.6 Å². The van der Waals surface area contributed by atoms with Gasteiger partial charge in [-0.15, -0.1) is 0 Å². The third-order valence-corrected chi connectivity index (χ3v) is 2.84. The van der Waals surface area contributed by atoms with Gasteiger partial charge in [0.1, 0.15) is 0 Å². The van der Waals surface area contributed by atoms with E-state index in [9.17, 15) is 22.8 Å². The predicted molar refractivity (Wildman–Crippen MR) is 77.5 cm³/mol. The number of amides is 2. The summed E-state index contributed by atoms with van der Waals surface area (Å²) in [7, 11) is 0. The van der Waals surface area contributed by atoms with Gasteiger partial charge in [0.05, 0.1) is 17.8 Å². The zero-order valence-electron chi connectivity index (χ0n) is 12.1. The van der Waals surface area contributed by atoms with Crippen LogP contribution in [0.4, 0.5) is 18.9 Å². The molecule has 0 unspecified atom stereocenters. The Labute approximate surface area is 131 Å². The Balaban J connectivity index is 2.71. The van der Waals surface area contributed by atoms with Gasteiger partial charge < -0.3 is 10.6 Å². The summed E-state index contributed by atoms with van der Waals surface area (Å²) in [5.41, 5.74) is -1.44. The molecule has 0 radical (unpaired) electrons. The van der Waals surface area contributed by atoms with Gasteiger partial charge in [-0.1, -0.05) is 25.4 Å². The molecule has 122 valence electrons. The van der Waals surface area contributed by atoms with E-state index in [4.69, 9.17) is 11.6 Å². The van der Waals surface area contributed by atoms with Crippen LogP contribution in [-0.2, 0) is 15.8 Å². The van der Waals surface area contributed by atoms with Crippen molar-refractivity contribution in [3.63, 3.8) is 0 Å². The summed E-state index contributed by atoms with van der Waals surface area (Å²) in [5, 5.41) is 4.38. The topological polar surface area (TPSA) is 58.2 Å². The molecule has 0 aromatic heterocycles. The Kier molecular flexibility index (Phi) is 6.22. The van der Waals surface area contributed by atoms with E-state index in [1.807, 2.05) is 13.8 Å². The summed E-state index contributed by atoms with van der Waals surface area (Å²) in [6.45, 7) is 3.28. The second kappa shape index (κ2) is 7.49. The van der Waals surface area contributed by atoms with Crippen LogP contribution in [0.1, 0.15) is 25.8 Å². The number of benzene rings is 1. The van der Waals surface area contributed by atoms with Crippen molar-refractivity contribution < 1.29 is 22.8 Å². The minimum absolute atomic E-state index is 0.0874. The molecule has 0 saturated heterocycles. The van der Waals surface area contributed by atoms with Crippen LogP contribution in [0.25, 0.3) is 0 Å².